The van der Waals surface area contributed by atoms with Crippen molar-refractivity contribution in [1.82, 2.24) is 0 Å². The summed E-state index contributed by atoms with van der Waals surface area (Å²) in [4.78, 5) is 0. The van der Waals surface area contributed by atoms with E-state index in [1.165, 1.54) is 55.2 Å². The van der Waals surface area contributed by atoms with E-state index in [0.717, 1.165) is 12.3 Å². The van der Waals surface area contributed by atoms with Gasteiger partial charge in [0.2, 0.25) is 0 Å². The van der Waals surface area contributed by atoms with E-state index in [0.29, 0.717) is 0 Å². The summed E-state index contributed by atoms with van der Waals surface area (Å²) in [7, 11) is 0. The van der Waals surface area contributed by atoms with Crippen molar-refractivity contribution in [2.24, 2.45) is 11.3 Å². The third kappa shape index (κ3) is 16.1. The van der Waals surface area contributed by atoms with Crippen molar-refractivity contribution in [3.05, 3.63) is 53.1 Å². The van der Waals surface area contributed by atoms with E-state index in [9.17, 15) is 0 Å². The van der Waals surface area contributed by atoms with Gasteiger partial charge in [0.25, 0.3) is 0 Å². The maximum atomic E-state index is 2.42. The highest BCUT2D eigenvalue weighted by molar-refractivity contribution is 5.70. The second kappa shape index (κ2) is 21.9. The number of hydrogen-bond donors (Lipinski definition) is 0. The van der Waals surface area contributed by atoms with Gasteiger partial charge >= 0.3 is 0 Å². The average Bonchev–Trinajstić information content (AvgIpc) is 2.86. The van der Waals surface area contributed by atoms with Crippen LogP contribution in [0.3, 0.4) is 0 Å². The zero-order valence-corrected chi connectivity index (χ0v) is 27.0. The van der Waals surface area contributed by atoms with Crippen LogP contribution in [0.15, 0.2) is 42.0 Å². The smallest absolute Gasteiger partial charge is 0.0101 e. The summed E-state index contributed by atoms with van der Waals surface area (Å²) in [5.41, 5.74) is 6.43. The monoisotopic (exact) mass is 487 g/mol. The summed E-state index contributed by atoms with van der Waals surface area (Å²) in [6, 6.07) is 9.16. The molecular weight excluding hydrogens is 420 g/mol. The summed E-state index contributed by atoms with van der Waals surface area (Å²) < 4.78 is 0. The average molecular weight is 487 g/mol. The van der Waals surface area contributed by atoms with Crippen molar-refractivity contribution < 1.29 is 0 Å². The van der Waals surface area contributed by atoms with Crippen molar-refractivity contribution in [3.8, 4) is 0 Å². The quantitative estimate of drug-likeness (QED) is 0.336. The second-order valence-corrected chi connectivity index (χ2v) is 10.7. The molecule has 0 aliphatic heterocycles. The molecule has 206 valence electrons. The fourth-order valence-electron chi connectivity index (χ4n) is 3.89. The Hall–Kier alpha value is -1.30. The molecule has 1 aromatic carbocycles. The standard InChI is InChI=1S/C26H40.C3H8.3C2H6/c1-8-20(2)12-9-10-14-23-17-16-22(19-26(23,6)7)21-13-11-15-24(18-21)25(3,4)5;1-3-2;3*1-2/h11,13,15-18,20H,8-10,12,14,19H2,1-7H3;3H2,1-2H3;3*1-2H3. The molecule has 2 rings (SSSR count). The van der Waals surface area contributed by atoms with Crippen LogP contribution in [0.5, 0.6) is 0 Å². The Kier molecular flexibility index (Phi) is 24.0. The van der Waals surface area contributed by atoms with Gasteiger partial charge in [-0.2, -0.15) is 0 Å². The highest BCUT2D eigenvalue weighted by atomic mass is 14.3. The van der Waals surface area contributed by atoms with E-state index in [-0.39, 0.29) is 10.8 Å². The minimum Gasteiger partial charge on any atom is -0.0683 e. The molecule has 0 bridgehead atoms. The Balaban J connectivity index is -0.00000101. The van der Waals surface area contributed by atoms with E-state index >= 15 is 0 Å². The molecule has 0 heterocycles. The molecule has 0 aromatic heterocycles. The van der Waals surface area contributed by atoms with Crippen molar-refractivity contribution in [3.63, 3.8) is 0 Å². The maximum absolute atomic E-state index is 2.42. The van der Waals surface area contributed by atoms with Gasteiger partial charge in [0.15, 0.2) is 0 Å². The Bertz CT molecular complexity index is 664. The lowest BCUT2D eigenvalue weighted by Gasteiger charge is -2.33. The van der Waals surface area contributed by atoms with E-state index in [1.54, 1.807) is 5.57 Å². The first-order valence-electron chi connectivity index (χ1n) is 15.1. The minimum absolute atomic E-state index is 0.206. The van der Waals surface area contributed by atoms with Crippen molar-refractivity contribution in [2.75, 3.05) is 0 Å². The normalized spacial score (nSPS) is 14.6. The summed E-state index contributed by atoms with van der Waals surface area (Å²) in [6.07, 6.45) is 13.9. The zero-order valence-electron chi connectivity index (χ0n) is 27.0. The SMILES string of the molecule is CC.CC.CC.CCC.CCC(C)CCCCC1=CC=C(c2cccc(C(C)(C)C)c2)CC1(C)C. The van der Waals surface area contributed by atoms with Crippen molar-refractivity contribution in [1.29, 1.82) is 0 Å². The minimum atomic E-state index is 0.206. The summed E-state index contributed by atoms with van der Waals surface area (Å²) in [5, 5.41) is 0. The van der Waals surface area contributed by atoms with Gasteiger partial charge in [-0.3, -0.25) is 0 Å². The van der Waals surface area contributed by atoms with Gasteiger partial charge in [0.1, 0.15) is 0 Å². The maximum Gasteiger partial charge on any atom is -0.0101 e. The van der Waals surface area contributed by atoms with Crippen LogP contribution < -0.4 is 0 Å². The molecule has 0 amide bonds. The third-order valence-electron chi connectivity index (χ3n) is 6.18. The lowest BCUT2D eigenvalue weighted by atomic mass is 9.72. The van der Waals surface area contributed by atoms with Crippen LogP contribution in [0.4, 0.5) is 0 Å². The van der Waals surface area contributed by atoms with Gasteiger partial charge in [0, 0.05) is 0 Å². The molecule has 0 fully saturated rings. The highest BCUT2D eigenvalue weighted by Gasteiger charge is 2.27. The van der Waals surface area contributed by atoms with Crippen LogP contribution >= 0.6 is 0 Å². The van der Waals surface area contributed by atoms with E-state index in [1.807, 2.05) is 41.5 Å². The van der Waals surface area contributed by atoms with Gasteiger partial charge in [-0.05, 0) is 52.7 Å². The fourth-order valence-corrected chi connectivity index (χ4v) is 3.89. The molecule has 1 unspecified atom stereocenters. The molecule has 0 saturated carbocycles. The molecular formula is C35H66. The van der Waals surface area contributed by atoms with Crippen LogP contribution in [-0.4, -0.2) is 0 Å². The molecule has 0 N–H and O–H groups in total. The Morgan fingerprint density at radius 2 is 1.40 bits per heavy atom. The molecule has 0 spiro atoms. The lowest BCUT2D eigenvalue weighted by Crippen LogP contribution is -2.18. The summed E-state index contributed by atoms with van der Waals surface area (Å²) in [5.74, 6) is 0.880. The fraction of sp³-hybridized carbons (Fsp3) is 0.714. The van der Waals surface area contributed by atoms with Crippen molar-refractivity contribution in [2.45, 2.75) is 154 Å². The van der Waals surface area contributed by atoms with E-state index in [2.05, 4.69) is 98.7 Å². The zero-order chi connectivity index (χ0) is 28.1. The highest BCUT2D eigenvalue weighted by Crippen LogP contribution is 2.43. The first-order valence-corrected chi connectivity index (χ1v) is 15.1. The summed E-state index contributed by atoms with van der Waals surface area (Å²) in [6.45, 7) is 32.7. The van der Waals surface area contributed by atoms with Gasteiger partial charge in [0.05, 0.1) is 0 Å². The second-order valence-electron chi connectivity index (χ2n) is 10.7. The van der Waals surface area contributed by atoms with Crippen LogP contribution in [0.25, 0.3) is 5.57 Å². The van der Waals surface area contributed by atoms with Crippen LogP contribution in [-0.2, 0) is 5.41 Å². The van der Waals surface area contributed by atoms with Gasteiger partial charge in [-0.25, -0.2) is 0 Å². The Morgan fingerprint density at radius 1 is 0.857 bits per heavy atom. The first kappa shape index (κ1) is 38.2. The molecule has 0 radical (unpaired) electrons. The first-order chi connectivity index (χ1) is 16.5. The molecule has 35 heavy (non-hydrogen) atoms. The molecule has 1 atom stereocenters. The predicted molar refractivity (Wildman–Crippen MR) is 168 cm³/mol. The third-order valence-corrected chi connectivity index (χ3v) is 6.18. The molecule has 1 aliphatic rings. The number of rotatable bonds is 7. The molecule has 0 nitrogen and oxygen atoms in total. The van der Waals surface area contributed by atoms with Crippen LogP contribution in [0, 0.1) is 11.3 Å². The molecule has 0 heteroatoms. The topological polar surface area (TPSA) is 0 Å². The van der Waals surface area contributed by atoms with Gasteiger partial charge in [-0.15, -0.1) is 0 Å². The number of allylic oxidation sites excluding steroid dienone is 4. The van der Waals surface area contributed by atoms with Gasteiger partial charge < -0.3 is 0 Å². The Morgan fingerprint density at radius 3 is 1.86 bits per heavy atom. The van der Waals surface area contributed by atoms with Crippen LogP contribution in [0.1, 0.15) is 160 Å². The molecule has 1 aromatic rings. The Labute approximate surface area is 224 Å². The largest absolute Gasteiger partial charge is 0.0683 e. The molecule has 0 saturated heterocycles. The number of benzene rings is 1. The molecule has 1 aliphatic carbocycles. The lowest BCUT2D eigenvalue weighted by molar-refractivity contribution is 0.422. The van der Waals surface area contributed by atoms with E-state index in [4.69, 9.17) is 0 Å². The number of hydrogen-bond acceptors (Lipinski definition) is 0. The van der Waals surface area contributed by atoms with Gasteiger partial charge in [-0.1, -0.05) is 172 Å². The van der Waals surface area contributed by atoms with E-state index < -0.39 is 0 Å². The summed E-state index contributed by atoms with van der Waals surface area (Å²) >= 11 is 0. The number of unbranched alkanes of at least 4 members (excludes halogenated alkanes) is 1. The van der Waals surface area contributed by atoms with Crippen LogP contribution in [0.2, 0.25) is 0 Å². The van der Waals surface area contributed by atoms with Crippen molar-refractivity contribution >= 4 is 5.57 Å². The predicted octanol–water partition coefficient (Wildman–Crippen LogP) is 12.8.